The summed E-state index contributed by atoms with van der Waals surface area (Å²) in [7, 11) is 0. The molecule has 2 aliphatic rings. The van der Waals surface area contributed by atoms with Gasteiger partial charge in [0.2, 0.25) is 11.3 Å². The van der Waals surface area contributed by atoms with Crippen LogP contribution in [0.15, 0.2) is 15.9 Å². The number of hydrogen-bond donors (Lipinski definition) is 2. The average molecular weight is 409 g/mol. The monoisotopic (exact) mass is 409 g/mol. The topological polar surface area (TPSA) is 91.6 Å². The summed E-state index contributed by atoms with van der Waals surface area (Å²) in [6.07, 6.45) is 0.540. The van der Waals surface area contributed by atoms with Crippen LogP contribution in [0.4, 0.5) is 14.5 Å². The van der Waals surface area contributed by atoms with Gasteiger partial charge in [0.15, 0.2) is 5.82 Å². The van der Waals surface area contributed by atoms with Crippen LogP contribution in [-0.4, -0.2) is 40.7 Å². The van der Waals surface area contributed by atoms with Crippen molar-refractivity contribution >= 4 is 40.2 Å². The molecule has 1 saturated heterocycles. The summed E-state index contributed by atoms with van der Waals surface area (Å²) in [6.45, 7) is 3.72. The molecule has 7 nitrogen and oxygen atoms in total. The first-order chi connectivity index (χ1) is 13.2. The van der Waals surface area contributed by atoms with Crippen LogP contribution >= 0.6 is 11.8 Å². The number of hydrogen-bond acceptors (Lipinski definition) is 5. The van der Waals surface area contributed by atoms with E-state index in [1.54, 1.807) is 6.92 Å². The van der Waals surface area contributed by atoms with Crippen molar-refractivity contribution in [1.82, 2.24) is 9.88 Å². The van der Waals surface area contributed by atoms with Gasteiger partial charge in [0.05, 0.1) is 21.3 Å². The molecule has 0 radical (unpaired) electrons. The van der Waals surface area contributed by atoms with E-state index < -0.39 is 28.6 Å². The van der Waals surface area contributed by atoms with Gasteiger partial charge in [-0.1, -0.05) is 11.8 Å². The second kappa shape index (κ2) is 6.47. The Bertz CT molecular complexity index is 1100. The number of rotatable bonds is 3. The first-order valence-corrected chi connectivity index (χ1v) is 9.60. The fourth-order valence-corrected chi connectivity index (χ4v) is 5.08. The molecule has 28 heavy (non-hydrogen) atoms. The molecule has 2 aromatic rings. The molecule has 2 unspecified atom stereocenters. The number of fused-ring (bicyclic) bond motifs is 3. The lowest BCUT2D eigenvalue weighted by Crippen LogP contribution is -2.36. The van der Waals surface area contributed by atoms with Crippen LogP contribution in [0.3, 0.4) is 0 Å². The molecule has 1 amide bonds. The van der Waals surface area contributed by atoms with Crippen molar-refractivity contribution in [3.63, 3.8) is 0 Å². The second-order valence-electron chi connectivity index (χ2n) is 6.95. The molecule has 0 bridgehead atoms. The van der Waals surface area contributed by atoms with E-state index in [-0.39, 0.29) is 45.5 Å². The number of nitrogens with zero attached hydrogens (tertiary/aromatic N) is 2. The van der Waals surface area contributed by atoms with Crippen LogP contribution in [0.2, 0.25) is 0 Å². The summed E-state index contributed by atoms with van der Waals surface area (Å²) in [5, 5.41) is 11.7. The minimum absolute atomic E-state index is 0.0874. The molecule has 1 aromatic carbocycles. The number of anilines is 1. The molecule has 0 saturated carbocycles. The first kappa shape index (κ1) is 18.7. The van der Waals surface area contributed by atoms with Gasteiger partial charge in [0.25, 0.3) is 0 Å². The number of carboxylic acids is 1. The molecule has 10 heteroatoms. The van der Waals surface area contributed by atoms with Crippen LogP contribution in [0.1, 0.15) is 36.0 Å². The highest BCUT2D eigenvalue weighted by Crippen LogP contribution is 2.47. The Morgan fingerprint density at radius 3 is 2.68 bits per heavy atom. The fraction of sp³-hybridized carbons (Fsp3) is 0.389. The highest BCUT2D eigenvalue weighted by molar-refractivity contribution is 8.00. The maximum Gasteiger partial charge on any atom is 0.342 e. The molecule has 0 spiro atoms. The van der Waals surface area contributed by atoms with E-state index in [1.165, 1.54) is 16.4 Å². The standard InChI is InChI=1S/C18H17F2N3O4S/c1-7(24)21-9-3-4-22(6-9)15-11(19)5-10-14(13(15)20)23-8(2)28-17(23)12(16(10)25)18(26)27/h5,8-9H,3-4,6H2,1-2H3,(H,21,24)(H,26,27). The molecule has 0 aliphatic carbocycles. The quantitative estimate of drug-likeness (QED) is 0.809. The van der Waals surface area contributed by atoms with Crippen molar-refractivity contribution in [3.8, 4) is 0 Å². The van der Waals surface area contributed by atoms with E-state index in [9.17, 15) is 23.9 Å². The van der Waals surface area contributed by atoms with Crippen molar-refractivity contribution in [2.24, 2.45) is 0 Å². The van der Waals surface area contributed by atoms with Crippen molar-refractivity contribution in [3.05, 3.63) is 33.5 Å². The van der Waals surface area contributed by atoms with E-state index in [1.807, 2.05) is 0 Å². The molecule has 1 fully saturated rings. The van der Waals surface area contributed by atoms with E-state index in [4.69, 9.17) is 0 Å². The Morgan fingerprint density at radius 1 is 1.36 bits per heavy atom. The van der Waals surface area contributed by atoms with E-state index >= 15 is 4.39 Å². The first-order valence-electron chi connectivity index (χ1n) is 8.73. The summed E-state index contributed by atoms with van der Waals surface area (Å²) in [4.78, 5) is 36.8. The van der Waals surface area contributed by atoms with Gasteiger partial charge in [0.1, 0.15) is 17.1 Å². The van der Waals surface area contributed by atoms with E-state index in [2.05, 4.69) is 5.32 Å². The average Bonchev–Trinajstić information content (AvgIpc) is 3.02. The number of amides is 1. The molecule has 2 aliphatic heterocycles. The lowest BCUT2D eigenvalue weighted by molar-refractivity contribution is -0.119. The van der Waals surface area contributed by atoms with E-state index in [0.29, 0.717) is 13.0 Å². The summed E-state index contributed by atoms with van der Waals surface area (Å²) in [6, 6.07) is 0.693. The molecule has 148 valence electrons. The normalized spacial score (nSPS) is 20.8. The fourth-order valence-electron chi connectivity index (χ4n) is 3.94. The highest BCUT2D eigenvalue weighted by atomic mass is 32.2. The van der Waals surface area contributed by atoms with Gasteiger partial charge >= 0.3 is 5.97 Å². The molecule has 2 atom stereocenters. The van der Waals surface area contributed by atoms with Gasteiger partial charge in [-0.25, -0.2) is 13.6 Å². The Kier molecular flexibility index (Phi) is 4.33. The third-order valence-electron chi connectivity index (χ3n) is 5.08. The number of aromatic nitrogens is 1. The third-order valence-corrected chi connectivity index (χ3v) is 6.26. The maximum atomic E-state index is 15.4. The SMILES string of the molecule is CC(=O)NC1CCN(c2c(F)cc3c(=O)c(C(=O)O)c4n(c3c2F)C(C)S4)C1. The molecule has 3 heterocycles. The zero-order valence-corrected chi connectivity index (χ0v) is 15.9. The number of benzene rings is 1. The van der Waals surface area contributed by atoms with Gasteiger partial charge in [-0.3, -0.25) is 9.59 Å². The van der Waals surface area contributed by atoms with Crippen LogP contribution in [0.5, 0.6) is 0 Å². The second-order valence-corrected chi connectivity index (χ2v) is 8.26. The van der Waals surface area contributed by atoms with Crippen molar-refractivity contribution < 1.29 is 23.5 Å². The summed E-state index contributed by atoms with van der Waals surface area (Å²) in [5.41, 5.74) is -1.71. The van der Waals surface area contributed by atoms with Gasteiger partial charge in [-0.2, -0.15) is 0 Å². The Labute approximate surface area is 162 Å². The number of pyridine rings is 1. The number of carbonyl (C=O) groups excluding carboxylic acids is 1. The maximum absolute atomic E-state index is 15.4. The molecular weight excluding hydrogens is 392 g/mol. The van der Waals surface area contributed by atoms with Crippen molar-refractivity contribution in [1.29, 1.82) is 0 Å². The third kappa shape index (κ3) is 2.66. The van der Waals surface area contributed by atoms with Crippen LogP contribution in [0.25, 0.3) is 10.9 Å². The van der Waals surface area contributed by atoms with Crippen LogP contribution in [0, 0.1) is 11.6 Å². The smallest absolute Gasteiger partial charge is 0.342 e. The molecular formula is C18H17F2N3O4S. The predicted octanol–water partition coefficient (Wildman–Crippen LogP) is 2.32. The van der Waals surface area contributed by atoms with Crippen molar-refractivity contribution in [2.75, 3.05) is 18.0 Å². The molecule has 4 rings (SSSR count). The summed E-state index contributed by atoms with van der Waals surface area (Å²) in [5.74, 6) is -3.45. The van der Waals surface area contributed by atoms with Crippen LogP contribution in [-0.2, 0) is 4.79 Å². The lowest BCUT2D eigenvalue weighted by atomic mass is 10.1. The summed E-state index contributed by atoms with van der Waals surface area (Å²) >= 11 is 1.16. The number of carboxylic acid groups (broad SMARTS) is 1. The Morgan fingerprint density at radius 2 is 2.07 bits per heavy atom. The lowest BCUT2D eigenvalue weighted by Gasteiger charge is -2.33. The number of halogens is 2. The van der Waals surface area contributed by atoms with E-state index in [0.717, 1.165) is 17.8 Å². The Balaban J connectivity index is 1.90. The van der Waals surface area contributed by atoms with Crippen molar-refractivity contribution in [2.45, 2.75) is 36.7 Å². The largest absolute Gasteiger partial charge is 0.477 e. The number of aromatic carboxylic acids is 1. The number of thioether (sulfide) groups is 1. The zero-order chi connectivity index (χ0) is 20.3. The molecule has 2 N–H and O–H groups in total. The van der Waals surface area contributed by atoms with Crippen LogP contribution < -0.4 is 15.6 Å². The van der Waals surface area contributed by atoms with Gasteiger partial charge in [-0.05, 0) is 19.4 Å². The minimum Gasteiger partial charge on any atom is -0.477 e. The van der Waals surface area contributed by atoms with Gasteiger partial charge < -0.3 is 19.9 Å². The van der Waals surface area contributed by atoms with Gasteiger partial charge in [0, 0.05) is 26.1 Å². The number of nitrogens with one attached hydrogen (secondary N) is 1. The zero-order valence-electron chi connectivity index (χ0n) is 15.1. The summed E-state index contributed by atoms with van der Waals surface area (Å²) < 4.78 is 31.7. The highest BCUT2D eigenvalue weighted by Gasteiger charge is 2.36. The minimum atomic E-state index is -1.42. The number of carbonyl (C=O) groups is 2. The van der Waals surface area contributed by atoms with Gasteiger partial charge in [-0.15, -0.1) is 0 Å². The molecule has 1 aromatic heterocycles. The predicted molar refractivity (Wildman–Crippen MR) is 100 cm³/mol. The Hall–Kier alpha value is -2.62.